The molecule has 0 saturated carbocycles. The molecule has 0 aliphatic heterocycles. The fourth-order valence-electron chi connectivity index (χ4n) is 3.72. The number of hydrogen-bond donors (Lipinski definition) is 0. The third kappa shape index (κ3) is 5.57. The largest absolute Gasteiger partial charge is 0.416 e. The number of ketones is 1. The third-order valence-corrected chi connectivity index (χ3v) is 5.66. The van der Waals surface area contributed by atoms with Crippen LogP contribution in [0.4, 0.5) is 17.6 Å². The number of hydrogen-bond acceptors (Lipinski definition) is 1. The van der Waals surface area contributed by atoms with Gasteiger partial charge in [0.1, 0.15) is 11.6 Å². The van der Waals surface area contributed by atoms with Gasteiger partial charge in [-0.1, -0.05) is 55.8 Å². The Balaban J connectivity index is 2.17. The lowest BCUT2D eigenvalue weighted by atomic mass is 9.84. The lowest BCUT2D eigenvalue weighted by molar-refractivity contribution is -0.137. The molecule has 0 aliphatic carbocycles. The van der Waals surface area contributed by atoms with Crippen LogP contribution < -0.4 is 0 Å². The second kappa shape index (κ2) is 9.45. The van der Waals surface area contributed by atoms with Gasteiger partial charge in [0.05, 0.1) is 10.6 Å². The van der Waals surface area contributed by atoms with Crippen molar-refractivity contribution >= 4 is 17.4 Å². The van der Waals surface area contributed by atoms with Gasteiger partial charge in [0, 0.05) is 5.92 Å². The molecular formula is C26H23ClF4O. The van der Waals surface area contributed by atoms with Crippen LogP contribution in [-0.2, 0) is 11.0 Å². The van der Waals surface area contributed by atoms with Gasteiger partial charge in [0.25, 0.3) is 0 Å². The number of alkyl halides is 3. The summed E-state index contributed by atoms with van der Waals surface area (Å²) >= 11 is 5.82. The van der Waals surface area contributed by atoms with E-state index in [1.165, 1.54) is 31.2 Å². The van der Waals surface area contributed by atoms with E-state index in [1.807, 2.05) is 26.0 Å². The zero-order valence-electron chi connectivity index (χ0n) is 17.9. The minimum Gasteiger partial charge on any atom is -0.299 e. The fraction of sp³-hybridized carbons (Fsp3) is 0.269. The van der Waals surface area contributed by atoms with Crippen molar-refractivity contribution in [2.24, 2.45) is 5.92 Å². The van der Waals surface area contributed by atoms with Crippen LogP contribution in [0.15, 0.2) is 60.7 Å². The van der Waals surface area contributed by atoms with E-state index in [-0.39, 0.29) is 22.6 Å². The molecule has 3 aromatic carbocycles. The highest BCUT2D eigenvalue weighted by molar-refractivity contribution is 6.30. The van der Waals surface area contributed by atoms with Gasteiger partial charge in [-0.25, -0.2) is 4.39 Å². The first-order valence-corrected chi connectivity index (χ1v) is 10.6. The van der Waals surface area contributed by atoms with Crippen LogP contribution in [0.5, 0.6) is 0 Å². The minimum atomic E-state index is -4.43. The van der Waals surface area contributed by atoms with E-state index in [2.05, 4.69) is 0 Å². The summed E-state index contributed by atoms with van der Waals surface area (Å²) in [6, 6.07) is 14.7. The van der Waals surface area contributed by atoms with E-state index < -0.39 is 17.6 Å². The predicted molar refractivity (Wildman–Crippen MR) is 120 cm³/mol. The molecule has 0 spiro atoms. The van der Waals surface area contributed by atoms with E-state index in [4.69, 9.17) is 11.6 Å². The number of Topliss-reactive ketones (excluding diaryl/α,β-unsaturated/α-hetero) is 1. The molecule has 0 unspecified atom stereocenters. The molecule has 1 atom stereocenters. The molecule has 1 nitrogen and oxygen atoms in total. The van der Waals surface area contributed by atoms with Gasteiger partial charge in [0.15, 0.2) is 0 Å². The molecule has 0 bridgehead atoms. The van der Waals surface area contributed by atoms with Crippen molar-refractivity contribution < 1.29 is 22.4 Å². The van der Waals surface area contributed by atoms with Gasteiger partial charge in [-0.05, 0) is 77.4 Å². The van der Waals surface area contributed by atoms with Crippen LogP contribution in [0.3, 0.4) is 0 Å². The standard InChI is InChI=1S/C26H23ClF4O/c1-15(2)10-23(16(3)32)21-12-19(17-4-7-22(8-5-17)26(29,30)31)11-20(13-21)18-6-9-24(27)25(28)14-18/h4-9,11-15,23H,10H2,1-3H3/t23-/m1/s1. The normalized spacial score (nSPS) is 12.8. The predicted octanol–water partition coefficient (Wildman–Crippen LogP) is 8.55. The lowest BCUT2D eigenvalue weighted by Crippen LogP contribution is -2.12. The Kier molecular flexibility index (Phi) is 7.09. The number of carbonyl (C=O) groups excluding carboxylic acids is 1. The van der Waals surface area contributed by atoms with E-state index in [9.17, 15) is 22.4 Å². The molecule has 168 valence electrons. The Morgan fingerprint density at radius 2 is 1.44 bits per heavy atom. The first-order valence-electron chi connectivity index (χ1n) is 10.2. The Morgan fingerprint density at radius 3 is 1.94 bits per heavy atom. The summed E-state index contributed by atoms with van der Waals surface area (Å²) in [6.07, 6.45) is -3.80. The van der Waals surface area contributed by atoms with Crippen molar-refractivity contribution in [2.75, 3.05) is 0 Å². The third-order valence-electron chi connectivity index (χ3n) is 5.35. The first-order chi connectivity index (χ1) is 15.0. The second-order valence-electron chi connectivity index (χ2n) is 8.34. The van der Waals surface area contributed by atoms with Crippen LogP contribution in [-0.4, -0.2) is 5.78 Å². The summed E-state index contributed by atoms with van der Waals surface area (Å²) in [4.78, 5) is 12.4. The van der Waals surface area contributed by atoms with Crippen molar-refractivity contribution in [3.8, 4) is 22.3 Å². The maximum Gasteiger partial charge on any atom is 0.416 e. The van der Waals surface area contributed by atoms with Crippen molar-refractivity contribution in [1.29, 1.82) is 0 Å². The average molecular weight is 463 g/mol. The van der Waals surface area contributed by atoms with Crippen LogP contribution >= 0.6 is 11.6 Å². The van der Waals surface area contributed by atoms with Crippen LogP contribution in [0.1, 0.15) is 44.2 Å². The molecule has 0 N–H and O–H groups in total. The Hall–Kier alpha value is -2.66. The number of rotatable bonds is 6. The molecule has 0 saturated heterocycles. The molecular weight excluding hydrogens is 440 g/mol. The van der Waals surface area contributed by atoms with Gasteiger partial charge in [-0.15, -0.1) is 0 Å². The van der Waals surface area contributed by atoms with Crippen LogP contribution in [0, 0.1) is 11.7 Å². The molecule has 0 fully saturated rings. The lowest BCUT2D eigenvalue weighted by Gasteiger charge is -2.19. The number of carbonyl (C=O) groups is 1. The quantitative estimate of drug-likeness (QED) is 0.335. The van der Waals surface area contributed by atoms with Crippen LogP contribution in [0.2, 0.25) is 5.02 Å². The molecule has 0 amide bonds. The highest BCUT2D eigenvalue weighted by Crippen LogP contribution is 2.36. The summed E-state index contributed by atoms with van der Waals surface area (Å²) in [6.45, 7) is 5.57. The Labute approximate surface area is 190 Å². The van der Waals surface area contributed by atoms with Gasteiger partial charge >= 0.3 is 6.18 Å². The van der Waals surface area contributed by atoms with Crippen molar-refractivity contribution in [3.63, 3.8) is 0 Å². The molecule has 3 aromatic rings. The molecule has 0 aromatic heterocycles. The highest BCUT2D eigenvalue weighted by atomic mass is 35.5. The number of benzene rings is 3. The highest BCUT2D eigenvalue weighted by Gasteiger charge is 2.30. The van der Waals surface area contributed by atoms with Crippen LogP contribution in [0.25, 0.3) is 22.3 Å². The molecule has 3 rings (SSSR count). The SMILES string of the molecule is CC(=O)[C@@H](CC(C)C)c1cc(-c2ccc(C(F)(F)F)cc2)cc(-c2ccc(Cl)c(F)c2)c1. The minimum absolute atomic E-state index is 0.00324. The molecule has 0 radical (unpaired) electrons. The summed E-state index contributed by atoms with van der Waals surface area (Å²) in [5.74, 6) is -0.692. The fourth-order valence-corrected chi connectivity index (χ4v) is 3.84. The summed E-state index contributed by atoms with van der Waals surface area (Å²) in [5, 5.41) is -0.00529. The van der Waals surface area contributed by atoms with Gasteiger partial charge in [0.2, 0.25) is 0 Å². The summed E-state index contributed by atoms with van der Waals surface area (Å²) in [7, 11) is 0. The molecule has 6 heteroatoms. The second-order valence-corrected chi connectivity index (χ2v) is 8.75. The zero-order valence-corrected chi connectivity index (χ0v) is 18.7. The molecule has 32 heavy (non-hydrogen) atoms. The zero-order chi connectivity index (χ0) is 23.6. The topological polar surface area (TPSA) is 17.1 Å². The first kappa shape index (κ1) is 24.0. The van der Waals surface area contributed by atoms with Gasteiger partial charge < -0.3 is 0 Å². The van der Waals surface area contributed by atoms with E-state index >= 15 is 0 Å². The van der Waals surface area contributed by atoms with E-state index in [0.717, 1.165) is 17.7 Å². The summed E-state index contributed by atoms with van der Waals surface area (Å²) in [5.41, 5.74) is 2.45. The van der Waals surface area contributed by atoms with Crippen molar-refractivity contribution in [2.45, 2.75) is 39.3 Å². The molecule has 0 aliphatic rings. The van der Waals surface area contributed by atoms with Crippen molar-refractivity contribution in [3.05, 3.63) is 82.6 Å². The average Bonchev–Trinajstić information content (AvgIpc) is 2.73. The van der Waals surface area contributed by atoms with E-state index in [0.29, 0.717) is 28.7 Å². The van der Waals surface area contributed by atoms with Crippen molar-refractivity contribution in [1.82, 2.24) is 0 Å². The summed E-state index contributed by atoms with van der Waals surface area (Å²) < 4.78 is 53.0. The Morgan fingerprint density at radius 1 is 0.875 bits per heavy atom. The molecule has 0 heterocycles. The monoisotopic (exact) mass is 462 g/mol. The smallest absolute Gasteiger partial charge is 0.299 e. The maximum atomic E-state index is 14.1. The number of halogens is 5. The Bertz CT molecular complexity index is 1120. The van der Waals surface area contributed by atoms with Gasteiger partial charge in [-0.3, -0.25) is 4.79 Å². The van der Waals surface area contributed by atoms with E-state index in [1.54, 1.807) is 12.1 Å². The maximum absolute atomic E-state index is 14.1. The van der Waals surface area contributed by atoms with Gasteiger partial charge in [-0.2, -0.15) is 13.2 Å².